The van der Waals surface area contributed by atoms with Crippen LogP contribution in [0.1, 0.15) is 31.3 Å². The van der Waals surface area contributed by atoms with Crippen LogP contribution >= 0.6 is 23.2 Å². The third kappa shape index (κ3) is 4.90. The van der Waals surface area contributed by atoms with Crippen LogP contribution < -0.4 is 10.6 Å². The summed E-state index contributed by atoms with van der Waals surface area (Å²) in [4.78, 5) is 16.2. The number of benzene rings is 1. The lowest BCUT2D eigenvalue weighted by molar-refractivity contribution is 0.0914. The smallest absolute Gasteiger partial charge is 0.270 e. The van der Waals surface area contributed by atoms with Crippen LogP contribution in [-0.2, 0) is 0 Å². The Morgan fingerprint density at radius 3 is 2.27 bits per heavy atom. The Balaban J connectivity index is 2.19. The highest BCUT2D eigenvalue weighted by molar-refractivity contribution is 6.35. The Hall–Kier alpha value is -1.78. The minimum Gasteiger partial charge on any atom is -0.355 e. The molecule has 0 spiro atoms. The number of hydrogen-bond acceptors (Lipinski definition) is 3. The minimum absolute atomic E-state index is 0.222. The van der Waals surface area contributed by atoms with Crippen LogP contribution in [0.15, 0.2) is 36.5 Å². The van der Waals surface area contributed by atoms with Gasteiger partial charge < -0.3 is 10.6 Å². The van der Waals surface area contributed by atoms with Crippen molar-refractivity contribution in [1.82, 2.24) is 10.3 Å². The van der Waals surface area contributed by atoms with E-state index in [1.165, 1.54) is 0 Å². The van der Waals surface area contributed by atoms with Gasteiger partial charge >= 0.3 is 0 Å². The molecule has 0 saturated heterocycles. The minimum atomic E-state index is -0.317. The first-order chi connectivity index (χ1) is 10.2. The van der Waals surface area contributed by atoms with Gasteiger partial charge in [-0.05, 0) is 51.1 Å². The van der Waals surface area contributed by atoms with E-state index in [1.54, 1.807) is 36.5 Å². The van der Waals surface area contributed by atoms with E-state index in [2.05, 4.69) is 15.6 Å². The summed E-state index contributed by atoms with van der Waals surface area (Å²) in [6, 6.07) is 8.60. The molecule has 0 saturated carbocycles. The molecule has 1 amide bonds. The molecule has 1 aromatic carbocycles. The molecule has 2 N–H and O–H groups in total. The summed E-state index contributed by atoms with van der Waals surface area (Å²) in [5, 5.41) is 7.10. The second-order valence-corrected chi connectivity index (χ2v) is 6.79. The molecule has 0 radical (unpaired) electrons. The molecule has 0 atom stereocenters. The van der Waals surface area contributed by atoms with E-state index in [1.807, 2.05) is 20.8 Å². The molecular formula is C16H17Cl2N3O. The van der Waals surface area contributed by atoms with Crippen LogP contribution in [0, 0.1) is 0 Å². The fraction of sp³-hybridized carbons (Fsp3) is 0.250. The number of anilines is 2. The van der Waals surface area contributed by atoms with E-state index < -0.39 is 0 Å². The fourth-order valence-corrected chi connectivity index (χ4v) is 2.36. The number of halogens is 2. The van der Waals surface area contributed by atoms with E-state index in [9.17, 15) is 4.79 Å². The van der Waals surface area contributed by atoms with Crippen LogP contribution in [0.3, 0.4) is 0 Å². The molecule has 2 aromatic rings. The third-order valence-electron chi connectivity index (χ3n) is 2.63. The average Bonchev–Trinajstić information content (AvgIpc) is 2.35. The molecule has 0 aliphatic carbocycles. The lowest BCUT2D eigenvalue weighted by Crippen LogP contribution is -2.40. The number of nitrogens with zero attached hydrogens (tertiary/aromatic N) is 1. The van der Waals surface area contributed by atoms with Crippen molar-refractivity contribution >= 4 is 40.5 Å². The Morgan fingerprint density at radius 1 is 1.05 bits per heavy atom. The van der Waals surface area contributed by atoms with Gasteiger partial charge in [-0.1, -0.05) is 23.2 Å². The van der Waals surface area contributed by atoms with Gasteiger partial charge in [-0.25, -0.2) is 0 Å². The van der Waals surface area contributed by atoms with E-state index in [4.69, 9.17) is 23.2 Å². The Labute approximate surface area is 139 Å². The maximum atomic E-state index is 12.1. The topological polar surface area (TPSA) is 54.0 Å². The predicted molar refractivity (Wildman–Crippen MR) is 91.2 cm³/mol. The van der Waals surface area contributed by atoms with Gasteiger partial charge in [0.15, 0.2) is 0 Å². The van der Waals surface area contributed by atoms with Crippen LogP contribution in [0.4, 0.5) is 11.4 Å². The SMILES string of the molecule is CC(C)(C)NC(=O)c1cc(Nc2cc(Cl)cc(Cl)c2)ccn1. The molecule has 116 valence electrons. The quantitative estimate of drug-likeness (QED) is 0.856. The van der Waals surface area contributed by atoms with Crippen molar-refractivity contribution in [2.24, 2.45) is 0 Å². The summed E-state index contributed by atoms with van der Waals surface area (Å²) in [6.07, 6.45) is 1.58. The van der Waals surface area contributed by atoms with E-state index in [0.717, 1.165) is 11.4 Å². The molecule has 2 rings (SSSR count). The van der Waals surface area contributed by atoms with Crippen molar-refractivity contribution in [3.63, 3.8) is 0 Å². The molecule has 0 aliphatic heterocycles. The maximum Gasteiger partial charge on any atom is 0.270 e. The molecule has 0 bridgehead atoms. The van der Waals surface area contributed by atoms with Gasteiger partial charge in [0.2, 0.25) is 0 Å². The Bertz CT molecular complexity index is 676. The number of amides is 1. The summed E-state index contributed by atoms with van der Waals surface area (Å²) < 4.78 is 0. The summed E-state index contributed by atoms with van der Waals surface area (Å²) in [7, 11) is 0. The van der Waals surface area contributed by atoms with Crippen molar-refractivity contribution in [3.8, 4) is 0 Å². The van der Waals surface area contributed by atoms with Gasteiger partial charge in [-0.2, -0.15) is 0 Å². The van der Waals surface area contributed by atoms with Gasteiger partial charge in [-0.15, -0.1) is 0 Å². The second kappa shape index (κ2) is 6.55. The molecule has 0 fully saturated rings. The number of nitrogens with one attached hydrogen (secondary N) is 2. The number of rotatable bonds is 3. The molecule has 1 heterocycles. The summed E-state index contributed by atoms with van der Waals surface area (Å²) >= 11 is 11.9. The molecule has 0 aliphatic rings. The first-order valence-corrected chi connectivity index (χ1v) is 7.50. The van der Waals surface area contributed by atoms with Gasteiger partial charge in [0, 0.05) is 33.2 Å². The largest absolute Gasteiger partial charge is 0.355 e. The van der Waals surface area contributed by atoms with Crippen molar-refractivity contribution in [1.29, 1.82) is 0 Å². The van der Waals surface area contributed by atoms with Gasteiger partial charge in [0.25, 0.3) is 5.91 Å². The van der Waals surface area contributed by atoms with E-state index in [-0.39, 0.29) is 11.4 Å². The summed E-state index contributed by atoms with van der Waals surface area (Å²) in [5.41, 5.74) is 1.49. The average molecular weight is 338 g/mol. The maximum absolute atomic E-state index is 12.1. The molecular weight excluding hydrogens is 321 g/mol. The standard InChI is InChI=1S/C16H17Cl2N3O/c1-16(2,3)21-15(22)14-9-12(4-5-19-14)20-13-7-10(17)6-11(18)8-13/h4-9H,1-3H3,(H,19,20)(H,21,22). The van der Waals surface area contributed by atoms with Gasteiger partial charge in [-0.3, -0.25) is 9.78 Å². The lowest BCUT2D eigenvalue weighted by atomic mass is 10.1. The first-order valence-electron chi connectivity index (χ1n) is 6.75. The van der Waals surface area contributed by atoms with Gasteiger partial charge in [0.1, 0.15) is 5.69 Å². The number of carbonyl (C=O) groups excluding carboxylic acids is 1. The molecule has 4 nitrogen and oxygen atoms in total. The monoisotopic (exact) mass is 337 g/mol. The van der Waals surface area contributed by atoms with Crippen LogP contribution in [-0.4, -0.2) is 16.4 Å². The number of carbonyl (C=O) groups is 1. The van der Waals surface area contributed by atoms with Gasteiger partial charge in [0.05, 0.1) is 0 Å². The fourth-order valence-electron chi connectivity index (χ4n) is 1.83. The summed E-state index contributed by atoms with van der Waals surface area (Å²) in [6.45, 7) is 5.75. The highest BCUT2D eigenvalue weighted by Crippen LogP contribution is 2.25. The third-order valence-corrected chi connectivity index (χ3v) is 3.07. The molecule has 22 heavy (non-hydrogen) atoms. The normalized spacial score (nSPS) is 11.1. The Kier molecular flexibility index (Phi) is 4.94. The highest BCUT2D eigenvalue weighted by atomic mass is 35.5. The van der Waals surface area contributed by atoms with Crippen LogP contribution in [0.5, 0.6) is 0 Å². The predicted octanol–water partition coefficient (Wildman–Crippen LogP) is 4.66. The van der Waals surface area contributed by atoms with Crippen LogP contribution in [0.2, 0.25) is 10.0 Å². The number of aromatic nitrogens is 1. The summed E-state index contributed by atoms with van der Waals surface area (Å²) in [5.74, 6) is -0.222. The Morgan fingerprint density at radius 2 is 1.68 bits per heavy atom. The number of pyridine rings is 1. The van der Waals surface area contributed by atoms with Crippen molar-refractivity contribution in [2.45, 2.75) is 26.3 Å². The number of hydrogen-bond donors (Lipinski definition) is 2. The molecule has 0 unspecified atom stereocenters. The van der Waals surface area contributed by atoms with Crippen molar-refractivity contribution in [3.05, 3.63) is 52.3 Å². The molecule has 1 aromatic heterocycles. The first kappa shape index (κ1) is 16.6. The zero-order chi connectivity index (χ0) is 16.3. The highest BCUT2D eigenvalue weighted by Gasteiger charge is 2.16. The van der Waals surface area contributed by atoms with Crippen molar-refractivity contribution < 1.29 is 4.79 Å². The zero-order valence-corrected chi connectivity index (χ0v) is 14.1. The molecule has 6 heteroatoms. The zero-order valence-electron chi connectivity index (χ0n) is 12.6. The lowest BCUT2D eigenvalue weighted by Gasteiger charge is -2.20. The van der Waals surface area contributed by atoms with E-state index >= 15 is 0 Å². The van der Waals surface area contributed by atoms with Crippen LogP contribution in [0.25, 0.3) is 0 Å². The van der Waals surface area contributed by atoms with E-state index in [0.29, 0.717) is 15.7 Å². The van der Waals surface area contributed by atoms with Crippen molar-refractivity contribution in [2.75, 3.05) is 5.32 Å². The second-order valence-electron chi connectivity index (χ2n) is 5.92.